The lowest BCUT2D eigenvalue weighted by Gasteiger charge is -2.04. The van der Waals surface area contributed by atoms with Gasteiger partial charge in [-0.15, -0.1) is 16.4 Å². The second-order valence-corrected chi connectivity index (χ2v) is 6.37. The SMILES string of the molecule is CCCNC(=O)NC(=O)CSc1n[nH]c(/C=C/c2cccs2)n1. The minimum absolute atomic E-state index is 0.0749. The van der Waals surface area contributed by atoms with Crippen molar-refractivity contribution in [2.45, 2.75) is 18.5 Å². The predicted molar refractivity (Wildman–Crippen MR) is 92.2 cm³/mol. The first-order valence-electron chi connectivity index (χ1n) is 7.02. The van der Waals surface area contributed by atoms with Crippen molar-refractivity contribution in [1.29, 1.82) is 0 Å². The highest BCUT2D eigenvalue weighted by Crippen LogP contribution is 2.14. The van der Waals surface area contributed by atoms with E-state index in [0.29, 0.717) is 17.5 Å². The lowest BCUT2D eigenvalue weighted by Crippen LogP contribution is -2.40. The van der Waals surface area contributed by atoms with E-state index in [9.17, 15) is 9.59 Å². The van der Waals surface area contributed by atoms with Crippen LogP contribution in [0.1, 0.15) is 24.0 Å². The number of thiophene rings is 1. The molecule has 3 N–H and O–H groups in total. The molecule has 2 heterocycles. The second-order valence-electron chi connectivity index (χ2n) is 4.44. The van der Waals surface area contributed by atoms with E-state index in [4.69, 9.17) is 0 Å². The van der Waals surface area contributed by atoms with Crippen LogP contribution < -0.4 is 10.6 Å². The van der Waals surface area contributed by atoms with E-state index in [-0.39, 0.29) is 11.7 Å². The number of aromatic nitrogens is 3. The second kappa shape index (κ2) is 9.11. The van der Waals surface area contributed by atoms with Crippen LogP contribution in [0.2, 0.25) is 0 Å². The van der Waals surface area contributed by atoms with Gasteiger partial charge in [-0.2, -0.15) is 0 Å². The van der Waals surface area contributed by atoms with Gasteiger partial charge in [0.15, 0.2) is 0 Å². The van der Waals surface area contributed by atoms with E-state index in [1.807, 2.05) is 36.6 Å². The molecular weight excluding hydrogens is 334 g/mol. The quantitative estimate of drug-likeness (QED) is 0.665. The largest absolute Gasteiger partial charge is 0.338 e. The normalized spacial score (nSPS) is 10.8. The number of carbonyl (C=O) groups excluding carboxylic acids is 2. The Hall–Kier alpha value is -2.13. The number of aromatic amines is 1. The van der Waals surface area contributed by atoms with Crippen molar-refractivity contribution in [3.05, 3.63) is 28.2 Å². The Kier molecular flexibility index (Phi) is 6.82. The Morgan fingerprint density at radius 3 is 3.04 bits per heavy atom. The average molecular weight is 351 g/mol. The summed E-state index contributed by atoms with van der Waals surface area (Å²) < 4.78 is 0. The van der Waals surface area contributed by atoms with Gasteiger partial charge >= 0.3 is 6.03 Å². The van der Waals surface area contributed by atoms with Gasteiger partial charge in [0.1, 0.15) is 5.82 Å². The van der Waals surface area contributed by atoms with Crippen molar-refractivity contribution in [1.82, 2.24) is 25.8 Å². The highest BCUT2D eigenvalue weighted by Gasteiger charge is 2.09. The summed E-state index contributed by atoms with van der Waals surface area (Å²) >= 11 is 2.79. The molecule has 2 rings (SSSR count). The van der Waals surface area contributed by atoms with E-state index in [0.717, 1.165) is 23.1 Å². The van der Waals surface area contributed by atoms with Crippen molar-refractivity contribution >= 4 is 47.2 Å². The monoisotopic (exact) mass is 351 g/mol. The highest BCUT2D eigenvalue weighted by molar-refractivity contribution is 7.99. The predicted octanol–water partition coefficient (Wildman–Crippen LogP) is 2.36. The number of amides is 3. The van der Waals surface area contributed by atoms with Gasteiger partial charge in [0.05, 0.1) is 5.75 Å². The highest BCUT2D eigenvalue weighted by atomic mass is 32.2. The molecule has 0 saturated heterocycles. The molecule has 0 unspecified atom stereocenters. The number of hydrogen-bond donors (Lipinski definition) is 3. The van der Waals surface area contributed by atoms with Crippen LogP contribution in [0.25, 0.3) is 12.2 Å². The minimum atomic E-state index is -0.480. The maximum absolute atomic E-state index is 11.6. The molecule has 2 aromatic rings. The number of carbonyl (C=O) groups is 2. The van der Waals surface area contributed by atoms with Gasteiger partial charge in [0.25, 0.3) is 0 Å². The van der Waals surface area contributed by atoms with Gasteiger partial charge < -0.3 is 5.32 Å². The molecule has 0 saturated carbocycles. The number of nitrogens with zero attached hydrogens (tertiary/aromatic N) is 2. The summed E-state index contributed by atoms with van der Waals surface area (Å²) in [6, 6.07) is 3.49. The number of rotatable bonds is 7. The zero-order chi connectivity index (χ0) is 16.5. The molecule has 0 radical (unpaired) electrons. The standard InChI is InChI=1S/C14H17N5O2S2/c1-2-7-15-13(21)17-12(20)9-23-14-16-11(18-19-14)6-5-10-4-3-8-22-10/h3-6,8H,2,7,9H2,1H3,(H,16,18,19)(H2,15,17,20,21)/b6-5+. The summed E-state index contributed by atoms with van der Waals surface area (Å²) in [4.78, 5) is 28.3. The molecule has 0 spiro atoms. The molecule has 0 aromatic carbocycles. The number of nitrogens with one attached hydrogen (secondary N) is 3. The first-order valence-corrected chi connectivity index (χ1v) is 8.88. The molecule has 122 valence electrons. The third kappa shape index (κ3) is 6.25. The summed E-state index contributed by atoms with van der Waals surface area (Å²) in [6.07, 6.45) is 4.57. The fraction of sp³-hybridized carbons (Fsp3) is 0.286. The molecule has 0 fully saturated rings. The third-order valence-electron chi connectivity index (χ3n) is 2.55. The van der Waals surface area contributed by atoms with E-state index in [2.05, 4.69) is 25.8 Å². The Morgan fingerprint density at radius 1 is 1.43 bits per heavy atom. The van der Waals surface area contributed by atoms with E-state index in [1.54, 1.807) is 11.3 Å². The van der Waals surface area contributed by atoms with Crippen LogP contribution in [-0.2, 0) is 4.79 Å². The summed E-state index contributed by atoms with van der Waals surface area (Å²) in [5.74, 6) is 0.303. The lowest BCUT2D eigenvalue weighted by atomic mass is 10.4. The Balaban J connectivity index is 1.76. The topological polar surface area (TPSA) is 99.8 Å². The van der Waals surface area contributed by atoms with Crippen molar-refractivity contribution in [2.24, 2.45) is 0 Å². The molecular formula is C14H17N5O2S2. The van der Waals surface area contributed by atoms with Gasteiger partial charge in [-0.1, -0.05) is 24.8 Å². The van der Waals surface area contributed by atoms with Crippen molar-refractivity contribution < 1.29 is 9.59 Å². The molecule has 0 aliphatic carbocycles. The number of thioether (sulfide) groups is 1. The van der Waals surface area contributed by atoms with Crippen molar-refractivity contribution in [3.63, 3.8) is 0 Å². The van der Waals surface area contributed by atoms with Crippen LogP contribution in [0.5, 0.6) is 0 Å². The Bertz CT molecular complexity index is 667. The lowest BCUT2D eigenvalue weighted by molar-refractivity contribution is -0.117. The summed E-state index contributed by atoms with van der Waals surface area (Å²) in [5, 5.41) is 14.1. The van der Waals surface area contributed by atoms with Crippen molar-refractivity contribution in [2.75, 3.05) is 12.3 Å². The van der Waals surface area contributed by atoms with Crippen LogP contribution in [-0.4, -0.2) is 39.4 Å². The maximum atomic E-state index is 11.6. The summed E-state index contributed by atoms with van der Waals surface area (Å²) in [6.45, 7) is 2.47. The Labute approximate surface area is 142 Å². The fourth-order valence-corrected chi connectivity index (χ4v) is 2.74. The fourth-order valence-electron chi connectivity index (χ4n) is 1.52. The molecule has 0 atom stereocenters. The Morgan fingerprint density at radius 2 is 2.30 bits per heavy atom. The molecule has 0 bridgehead atoms. The maximum Gasteiger partial charge on any atom is 0.321 e. The molecule has 7 nitrogen and oxygen atoms in total. The number of hydrogen-bond acceptors (Lipinski definition) is 6. The zero-order valence-corrected chi connectivity index (χ0v) is 14.2. The number of imide groups is 1. The minimum Gasteiger partial charge on any atom is -0.338 e. The van der Waals surface area contributed by atoms with Crippen LogP contribution in [0, 0.1) is 0 Å². The van der Waals surface area contributed by atoms with Crippen LogP contribution >= 0.6 is 23.1 Å². The van der Waals surface area contributed by atoms with Gasteiger partial charge in [-0.25, -0.2) is 9.78 Å². The van der Waals surface area contributed by atoms with Gasteiger partial charge in [-0.05, 0) is 30.0 Å². The summed E-state index contributed by atoms with van der Waals surface area (Å²) in [5.41, 5.74) is 0. The molecule has 2 aromatic heterocycles. The first kappa shape index (κ1) is 17.2. The van der Waals surface area contributed by atoms with Crippen LogP contribution in [0.4, 0.5) is 4.79 Å². The number of urea groups is 1. The van der Waals surface area contributed by atoms with Crippen LogP contribution in [0.3, 0.4) is 0 Å². The zero-order valence-electron chi connectivity index (χ0n) is 12.5. The van der Waals surface area contributed by atoms with Gasteiger partial charge in [-0.3, -0.25) is 15.2 Å². The van der Waals surface area contributed by atoms with E-state index >= 15 is 0 Å². The average Bonchev–Trinajstić information content (AvgIpc) is 3.20. The molecule has 3 amide bonds. The molecule has 0 aliphatic heterocycles. The molecule has 23 heavy (non-hydrogen) atoms. The van der Waals surface area contributed by atoms with Crippen LogP contribution in [0.15, 0.2) is 22.7 Å². The summed E-state index contributed by atoms with van der Waals surface area (Å²) in [7, 11) is 0. The molecule has 0 aliphatic rings. The third-order valence-corrected chi connectivity index (χ3v) is 4.24. The van der Waals surface area contributed by atoms with Crippen molar-refractivity contribution in [3.8, 4) is 0 Å². The first-order chi connectivity index (χ1) is 11.2. The smallest absolute Gasteiger partial charge is 0.321 e. The van der Waals surface area contributed by atoms with Gasteiger partial charge in [0.2, 0.25) is 11.1 Å². The van der Waals surface area contributed by atoms with Gasteiger partial charge in [0, 0.05) is 11.4 Å². The number of H-pyrrole nitrogens is 1. The van der Waals surface area contributed by atoms with E-state index < -0.39 is 6.03 Å². The van der Waals surface area contributed by atoms with E-state index in [1.165, 1.54) is 0 Å². The molecule has 9 heteroatoms.